The molecule has 0 aromatic heterocycles. The maximum atomic E-state index is 8.57. The van der Waals surface area contributed by atoms with Crippen LogP contribution < -0.4 is 0 Å². The van der Waals surface area contributed by atoms with Gasteiger partial charge in [0.1, 0.15) is 0 Å². The Hall–Kier alpha value is -0.120. The lowest BCUT2D eigenvalue weighted by Crippen LogP contribution is -2.14. The lowest BCUT2D eigenvalue weighted by Gasteiger charge is -2.05. The van der Waals surface area contributed by atoms with Gasteiger partial charge in [0, 0.05) is 6.61 Å². The van der Waals surface area contributed by atoms with E-state index in [0.717, 1.165) is 6.42 Å². The van der Waals surface area contributed by atoms with Crippen molar-refractivity contribution in [2.24, 2.45) is 0 Å². The molecule has 0 fully saturated rings. The highest BCUT2D eigenvalue weighted by atomic mass is 16.5. The molecule has 0 unspecified atom stereocenters. The van der Waals surface area contributed by atoms with Gasteiger partial charge in [-0.15, -0.1) is 0 Å². The Balaban J connectivity index is 2.91. The lowest BCUT2D eigenvalue weighted by atomic mass is 10.1. The number of hydrogen-bond donors (Lipinski definition) is 2. The van der Waals surface area contributed by atoms with Crippen molar-refractivity contribution < 1.29 is 14.9 Å². The van der Waals surface area contributed by atoms with E-state index < -0.39 is 6.29 Å². The van der Waals surface area contributed by atoms with E-state index in [-0.39, 0.29) is 6.61 Å². The van der Waals surface area contributed by atoms with Crippen LogP contribution in [0.15, 0.2) is 0 Å². The van der Waals surface area contributed by atoms with Crippen molar-refractivity contribution in [2.75, 3.05) is 13.2 Å². The molecular weight excluding hydrogens is 240 g/mol. The van der Waals surface area contributed by atoms with Gasteiger partial charge in [-0.05, 0) is 6.42 Å². The minimum atomic E-state index is -1.32. The van der Waals surface area contributed by atoms with Crippen LogP contribution in [-0.2, 0) is 4.74 Å². The maximum absolute atomic E-state index is 8.57. The van der Waals surface area contributed by atoms with Gasteiger partial charge in [-0.1, -0.05) is 77.6 Å². The minimum Gasteiger partial charge on any atom is -0.376 e. The molecule has 116 valence electrons. The van der Waals surface area contributed by atoms with Crippen molar-refractivity contribution in [1.82, 2.24) is 0 Å². The summed E-state index contributed by atoms with van der Waals surface area (Å²) in [6.07, 6.45) is 14.6. The molecule has 0 spiro atoms. The zero-order valence-corrected chi connectivity index (χ0v) is 12.8. The lowest BCUT2D eigenvalue weighted by molar-refractivity contribution is -0.0949. The van der Waals surface area contributed by atoms with Crippen molar-refractivity contribution in [3.8, 4) is 0 Å². The average Bonchev–Trinajstić information content (AvgIpc) is 2.39. The molecule has 2 N–H and O–H groups in total. The molecule has 0 aliphatic heterocycles. The van der Waals surface area contributed by atoms with Gasteiger partial charge in [-0.25, -0.2) is 0 Å². The van der Waals surface area contributed by atoms with Crippen molar-refractivity contribution in [3.05, 3.63) is 0 Å². The van der Waals surface area contributed by atoms with Crippen molar-refractivity contribution in [2.45, 2.75) is 90.3 Å². The molecular formula is C16H34O3. The summed E-state index contributed by atoms with van der Waals surface area (Å²) in [5.74, 6) is 0. The van der Waals surface area contributed by atoms with E-state index in [1.165, 1.54) is 70.6 Å². The fourth-order valence-electron chi connectivity index (χ4n) is 2.23. The standard InChI is InChI=1S/C16H34O3/c1-2-3-4-5-6-7-8-9-10-11-12-13-14-19-15-16(17)18/h16-18H,2-15H2,1H3. The van der Waals surface area contributed by atoms with Crippen LogP contribution in [-0.4, -0.2) is 29.7 Å². The first kappa shape index (κ1) is 18.9. The highest BCUT2D eigenvalue weighted by Crippen LogP contribution is 2.11. The summed E-state index contributed by atoms with van der Waals surface area (Å²) >= 11 is 0. The highest BCUT2D eigenvalue weighted by molar-refractivity contribution is 4.48. The molecule has 0 radical (unpaired) electrons. The van der Waals surface area contributed by atoms with Crippen molar-refractivity contribution in [1.29, 1.82) is 0 Å². The third kappa shape index (κ3) is 17.9. The summed E-state index contributed by atoms with van der Waals surface area (Å²) in [7, 11) is 0. The number of aliphatic hydroxyl groups excluding tert-OH is 1. The Kier molecular flexibility index (Phi) is 15.8. The monoisotopic (exact) mass is 274 g/mol. The molecule has 0 rings (SSSR count). The Morgan fingerprint density at radius 1 is 0.684 bits per heavy atom. The van der Waals surface area contributed by atoms with Crippen LogP contribution >= 0.6 is 0 Å². The number of unbranched alkanes of at least 4 members (excludes halogenated alkanes) is 11. The zero-order valence-electron chi connectivity index (χ0n) is 12.8. The molecule has 0 saturated heterocycles. The van der Waals surface area contributed by atoms with E-state index in [4.69, 9.17) is 14.9 Å². The normalized spacial score (nSPS) is 11.4. The van der Waals surface area contributed by atoms with Crippen LogP contribution in [0.2, 0.25) is 0 Å². The molecule has 3 heteroatoms. The van der Waals surface area contributed by atoms with E-state index in [1.54, 1.807) is 0 Å². The van der Waals surface area contributed by atoms with Crippen molar-refractivity contribution >= 4 is 0 Å². The van der Waals surface area contributed by atoms with Gasteiger partial charge in [0.05, 0.1) is 6.61 Å². The van der Waals surface area contributed by atoms with Crippen LogP contribution in [0.5, 0.6) is 0 Å². The summed E-state index contributed by atoms with van der Waals surface area (Å²) in [4.78, 5) is 0. The molecule has 19 heavy (non-hydrogen) atoms. The Morgan fingerprint density at radius 2 is 1.11 bits per heavy atom. The van der Waals surface area contributed by atoms with E-state index in [9.17, 15) is 0 Å². The van der Waals surface area contributed by atoms with Gasteiger partial charge >= 0.3 is 0 Å². The third-order valence-corrected chi connectivity index (χ3v) is 3.41. The highest BCUT2D eigenvalue weighted by Gasteiger charge is 1.96. The molecule has 0 aromatic carbocycles. The van der Waals surface area contributed by atoms with Gasteiger partial charge in [0.15, 0.2) is 6.29 Å². The maximum Gasteiger partial charge on any atom is 0.175 e. The Bertz CT molecular complexity index is 160. The molecule has 0 saturated carbocycles. The van der Waals surface area contributed by atoms with E-state index in [1.807, 2.05) is 0 Å². The second kappa shape index (κ2) is 15.9. The van der Waals surface area contributed by atoms with Crippen LogP contribution in [0.25, 0.3) is 0 Å². The molecule has 0 aromatic rings. The second-order valence-corrected chi connectivity index (χ2v) is 5.44. The fraction of sp³-hybridized carbons (Fsp3) is 1.00. The van der Waals surface area contributed by atoms with Gasteiger partial charge < -0.3 is 14.9 Å². The summed E-state index contributed by atoms with van der Waals surface area (Å²) in [5.41, 5.74) is 0. The minimum absolute atomic E-state index is 0.0397. The first-order chi connectivity index (χ1) is 9.27. The van der Waals surface area contributed by atoms with Gasteiger partial charge in [0.25, 0.3) is 0 Å². The molecule has 0 aliphatic rings. The molecule has 3 nitrogen and oxygen atoms in total. The van der Waals surface area contributed by atoms with Crippen LogP contribution in [0, 0.1) is 0 Å². The van der Waals surface area contributed by atoms with E-state index in [2.05, 4.69) is 6.92 Å². The molecule has 0 amide bonds. The second-order valence-electron chi connectivity index (χ2n) is 5.44. The summed E-state index contributed by atoms with van der Waals surface area (Å²) in [6, 6.07) is 0. The van der Waals surface area contributed by atoms with Gasteiger partial charge in [-0.2, -0.15) is 0 Å². The van der Waals surface area contributed by atoms with Crippen LogP contribution in [0.4, 0.5) is 0 Å². The summed E-state index contributed by atoms with van der Waals surface area (Å²) in [5, 5.41) is 17.1. The van der Waals surface area contributed by atoms with E-state index in [0.29, 0.717) is 6.61 Å². The van der Waals surface area contributed by atoms with Crippen LogP contribution in [0.1, 0.15) is 84.0 Å². The fourth-order valence-corrected chi connectivity index (χ4v) is 2.23. The zero-order chi connectivity index (χ0) is 14.2. The van der Waals surface area contributed by atoms with Gasteiger partial charge in [-0.3, -0.25) is 0 Å². The third-order valence-electron chi connectivity index (χ3n) is 3.41. The smallest absolute Gasteiger partial charge is 0.175 e. The summed E-state index contributed by atoms with van der Waals surface area (Å²) < 4.78 is 5.09. The predicted molar refractivity (Wildman–Crippen MR) is 80.1 cm³/mol. The van der Waals surface area contributed by atoms with E-state index >= 15 is 0 Å². The predicted octanol–water partition coefficient (Wildman–Crippen LogP) is 4.01. The topological polar surface area (TPSA) is 49.7 Å². The quantitative estimate of drug-likeness (QED) is 0.350. The van der Waals surface area contributed by atoms with Crippen molar-refractivity contribution in [3.63, 3.8) is 0 Å². The van der Waals surface area contributed by atoms with Crippen LogP contribution in [0.3, 0.4) is 0 Å². The molecule has 0 bridgehead atoms. The van der Waals surface area contributed by atoms with Gasteiger partial charge in [0.2, 0.25) is 0 Å². The first-order valence-corrected chi connectivity index (χ1v) is 8.21. The number of hydrogen-bond acceptors (Lipinski definition) is 3. The summed E-state index contributed by atoms with van der Waals surface area (Å²) in [6.45, 7) is 2.95. The Morgan fingerprint density at radius 3 is 1.53 bits per heavy atom. The number of rotatable bonds is 15. The number of ether oxygens (including phenoxy) is 1. The molecule has 0 aliphatic carbocycles. The SMILES string of the molecule is CCCCCCCCCCCCCCOCC(O)O. The largest absolute Gasteiger partial charge is 0.376 e. The first-order valence-electron chi connectivity index (χ1n) is 8.21. The molecule has 0 heterocycles. The molecule has 0 atom stereocenters. The average molecular weight is 274 g/mol. The Labute approximate surface area is 119 Å². The number of aliphatic hydroxyl groups is 2.